The number of hydrogen-bond acceptors (Lipinski definition) is 3. The van der Waals surface area contributed by atoms with Crippen molar-refractivity contribution < 1.29 is 14.6 Å². The summed E-state index contributed by atoms with van der Waals surface area (Å²) < 4.78 is 5.30. The molecule has 0 spiro atoms. The van der Waals surface area contributed by atoms with Gasteiger partial charge in [0.05, 0.1) is 13.2 Å². The Morgan fingerprint density at radius 1 is 1.37 bits per heavy atom. The van der Waals surface area contributed by atoms with Gasteiger partial charge in [-0.25, -0.2) is 0 Å². The molecule has 0 saturated carbocycles. The fraction of sp³-hybridized carbons (Fsp3) is 0.533. The van der Waals surface area contributed by atoms with E-state index in [9.17, 15) is 4.79 Å². The number of carbonyl (C=O) groups excluding carboxylic acids is 1. The van der Waals surface area contributed by atoms with Crippen LogP contribution >= 0.6 is 0 Å². The third kappa shape index (κ3) is 5.30. The molecule has 0 aliphatic rings. The van der Waals surface area contributed by atoms with Gasteiger partial charge in [0.15, 0.2) is 0 Å². The van der Waals surface area contributed by atoms with Gasteiger partial charge in [0.1, 0.15) is 5.75 Å². The number of carbonyl (C=O) groups is 1. The summed E-state index contributed by atoms with van der Waals surface area (Å²) in [5.41, 5.74) is 1.04. The van der Waals surface area contributed by atoms with Crippen LogP contribution < -0.4 is 10.1 Å². The van der Waals surface area contributed by atoms with E-state index in [0.717, 1.165) is 11.3 Å². The Kier molecular flexibility index (Phi) is 6.36. The molecule has 4 nitrogen and oxygen atoms in total. The predicted octanol–water partition coefficient (Wildman–Crippen LogP) is 2.08. The molecular weight excluding hydrogens is 242 g/mol. The summed E-state index contributed by atoms with van der Waals surface area (Å²) in [6.07, 6.45) is 0.613. The van der Waals surface area contributed by atoms with E-state index in [1.54, 1.807) is 14.0 Å². The minimum atomic E-state index is -0.382. The third-order valence-corrected chi connectivity index (χ3v) is 3.05. The van der Waals surface area contributed by atoms with Crippen LogP contribution in [0.2, 0.25) is 0 Å². The number of ether oxygens (including phenoxy) is 1. The number of aliphatic hydroxyl groups is 1. The zero-order valence-corrected chi connectivity index (χ0v) is 11.8. The van der Waals surface area contributed by atoms with Crippen LogP contribution in [0.1, 0.15) is 38.2 Å². The first kappa shape index (κ1) is 15.5. The van der Waals surface area contributed by atoms with E-state index in [0.29, 0.717) is 19.4 Å². The molecule has 0 heterocycles. The number of nitrogens with one attached hydrogen (secondary N) is 1. The smallest absolute Gasteiger partial charge is 0.220 e. The molecule has 0 aliphatic carbocycles. The Labute approximate surface area is 114 Å². The molecule has 1 rings (SSSR count). The van der Waals surface area contributed by atoms with Crippen LogP contribution in [0, 0.1) is 0 Å². The topological polar surface area (TPSA) is 58.6 Å². The van der Waals surface area contributed by atoms with Gasteiger partial charge < -0.3 is 15.2 Å². The zero-order chi connectivity index (χ0) is 14.3. The SMILES string of the molecule is COc1ccccc1C(C)CC(=O)NCCC(C)O. The highest BCUT2D eigenvalue weighted by Gasteiger charge is 2.14. The van der Waals surface area contributed by atoms with Gasteiger partial charge in [-0.15, -0.1) is 0 Å². The quantitative estimate of drug-likeness (QED) is 0.793. The summed E-state index contributed by atoms with van der Waals surface area (Å²) in [5.74, 6) is 0.911. The van der Waals surface area contributed by atoms with Crippen LogP contribution in [0.5, 0.6) is 5.75 Å². The minimum Gasteiger partial charge on any atom is -0.496 e. The summed E-state index contributed by atoms with van der Waals surface area (Å²) in [5, 5.41) is 11.9. The first-order valence-electron chi connectivity index (χ1n) is 6.62. The normalized spacial score (nSPS) is 13.7. The summed E-state index contributed by atoms with van der Waals surface area (Å²) in [4.78, 5) is 11.8. The van der Waals surface area contributed by atoms with Gasteiger partial charge in [0, 0.05) is 13.0 Å². The fourth-order valence-electron chi connectivity index (χ4n) is 1.95. The molecule has 2 unspecified atom stereocenters. The van der Waals surface area contributed by atoms with Crippen LogP contribution in [0.25, 0.3) is 0 Å². The predicted molar refractivity (Wildman–Crippen MR) is 75.3 cm³/mol. The van der Waals surface area contributed by atoms with E-state index in [2.05, 4.69) is 5.32 Å². The maximum absolute atomic E-state index is 11.8. The van der Waals surface area contributed by atoms with E-state index in [-0.39, 0.29) is 17.9 Å². The average Bonchev–Trinajstić information content (AvgIpc) is 2.38. The molecule has 0 radical (unpaired) electrons. The molecule has 2 N–H and O–H groups in total. The van der Waals surface area contributed by atoms with Gasteiger partial charge in [-0.05, 0) is 30.9 Å². The van der Waals surface area contributed by atoms with Gasteiger partial charge >= 0.3 is 0 Å². The second-order valence-electron chi connectivity index (χ2n) is 4.83. The number of para-hydroxylation sites is 1. The Hall–Kier alpha value is -1.55. The highest BCUT2D eigenvalue weighted by molar-refractivity contribution is 5.76. The zero-order valence-electron chi connectivity index (χ0n) is 11.8. The van der Waals surface area contributed by atoms with Crippen LogP contribution in [-0.2, 0) is 4.79 Å². The molecule has 0 saturated heterocycles. The molecule has 1 aromatic carbocycles. The Morgan fingerprint density at radius 3 is 2.68 bits per heavy atom. The summed E-state index contributed by atoms with van der Waals surface area (Å²) in [6.45, 7) is 4.23. The molecule has 1 amide bonds. The van der Waals surface area contributed by atoms with Crippen molar-refractivity contribution in [2.75, 3.05) is 13.7 Å². The Bertz CT molecular complexity index is 404. The largest absolute Gasteiger partial charge is 0.496 e. The minimum absolute atomic E-state index is 0.000874. The van der Waals surface area contributed by atoms with E-state index >= 15 is 0 Å². The monoisotopic (exact) mass is 265 g/mol. The highest BCUT2D eigenvalue weighted by atomic mass is 16.5. The highest BCUT2D eigenvalue weighted by Crippen LogP contribution is 2.28. The molecule has 0 fully saturated rings. The van der Waals surface area contributed by atoms with Crippen molar-refractivity contribution in [1.29, 1.82) is 0 Å². The van der Waals surface area contributed by atoms with Crippen LogP contribution in [0.3, 0.4) is 0 Å². The lowest BCUT2D eigenvalue weighted by Gasteiger charge is -2.15. The van der Waals surface area contributed by atoms with Crippen molar-refractivity contribution in [2.45, 2.75) is 38.7 Å². The molecule has 1 aromatic rings. The van der Waals surface area contributed by atoms with E-state index in [1.165, 1.54) is 0 Å². The fourth-order valence-corrected chi connectivity index (χ4v) is 1.95. The Morgan fingerprint density at radius 2 is 2.05 bits per heavy atom. The summed E-state index contributed by atoms with van der Waals surface area (Å²) in [7, 11) is 1.63. The number of methoxy groups -OCH3 is 1. The molecule has 19 heavy (non-hydrogen) atoms. The van der Waals surface area contributed by atoms with Gasteiger partial charge in [0.2, 0.25) is 5.91 Å². The van der Waals surface area contributed by atoms with Crippen molar-refractivity contribution >= 4 is 5.91 Å². The van der Waals surface area contributed by atoms with Crippen LogP contribution in [-0.4, -0.2) is 30.8 Å². The third-order valence-electron chi connectivity index (χ3n) is 3.05. The van der Waals surface area contributed by atoms with Crippen molar-refractivity contribution in [3.8, 4) is 5.75 Å². The van der Waals surface area contributed by atoms with Gasteiger partial charge in [0.25, 0.3) is 0 Å². The van der Waals surface area contributed by atoms with Crippen LogP contribution in [0.15, 0.2) is 24.3 Å². The second kappa shape index (κ2) is 7.79. The number of benzene rings is 1. The number of aliphatic hydroxyl groups excluding tert-OH is 1. The maximum atomic E-state index is 11.8. The van der Waals surface area contributed by atoms with E-state index in [4.69, 9.17) is 9.84 Å². The Balaban J connectivity index is 2.49. The standard InChI is InChI=1S/C15H23NO3/c1-11(10-15(18)16-9-8-12(2)17)13-6-4-5-7-14(13)19-3/h4-7,11-12,17H,8-10H2,1-3H3,(H,16,18). The molecule has 106 valence electrons. The molecular formula is C15H23NO3. The first-order valence-corrected chi connectivity index (χ1v) is 6.62. The first-order chi connectivity index (χ1) is 9.04. The lowest BCUT2D eigenvalue weighted by molar-refractivity contribution is -0.121. The second-order valence-corrected chi connectivity index (χ2v) is 4.83. The van der Waals surface area contributed by atoms with Gasteiger partial charge in [-0.2, -0.15) is 0 Å². The van der Waals surface area contributed by atoms with Crippen molar-refractivity contribution in [3.63, 3.8) is 0 Å². The molecule has 2 atom stereocenters. The number of rotatable bonds is 7. The van der Waals surface area contributed by atoms with E-state index < -0.39 is 0 Å². The summed E-state index contributed by atoms with van der Waals surface area (Å²) >= 11 is 0. The lowest BCUT2D eigenvalue weighted by Crippen LogP contribution is -2.27. The number of amides is 1. The maximum Gasteiger partial charge on any atom is 0.220 e. The van der Waals surface area contributed by atoms with Crippen molar-refractivity contribution in [2.24, 2.45) is 0 Å². The van der Waals surface area contributed by atoms with Gasteiger partial charge in [-0.3, -0.25) is 4.79 Å². The van der Waals surface area contributed by atoms with Crippen molar-refractivity contribution in [1.82, 2.24) is 5.32 Å². The summed E-state index contributed by atoms with van der Waals surface area (Å²) in [6, 6.07) is 7.74. The molecule has 4 heteroatoms. The lowest BCUT2D eigenvalue weighted by atomic mass is 9.96. The molecule has 0 bridgehead atoms. The van der Waals surface area contributed by atoms with E-state index in [1.807, 2.05) is 31.2 Å². The van der Waals surface area contributed by atoms with Crippen LogP contribution in [0.4, 0.5) is 0 Å². The average molecular weight is 265 g/mol. The van der Waals surface area contributed by atoms with Gasteiger partial charge in [-0.1, -0.05) is 25.1 Å². The van der Waals surface area contributed by atoms with Crippen molar-refractivity contribution in [3.05, 3.63) is 29.8 Å². The molecule has 0 aliphatic heterocycles. The molecule has 0 aromatic heterocycles. The number of hydrogen-bond donors (Lipinski definition) is 2.